The van der Waals surface area contributed by atoms with Gasteiger partial charge in [0, 0.05) is 23.7 Å². The Morgan fingerprint density at radius 3 is 2.54 bits per heavy atom. The van der Waals surface area contributed by atoms with Gasteiger partial charge in [-0.15, -0.1) is 5.10 Å². The number of hydrogen-bond acceptors (Lipinski definition) is 4. The van der Waals surface area contributed by atoms with E-state index in [0.717, 1.165) is 36.5 Å². The van der Waals surface area contributed by atoms with Crippen molar-refractivity contribution in [3.63, 3.8) is 0 Å². The molecule has 0 unspecified atom stereocenters. The van der Waals surface area contributed by atoms with Gasteiger partial charge in [0.15, 0.2) is 0 Å². The van der Waals surface area contributed by atoms with E-state index >= 15 is 0 Å². The van der Waals surface area contributed by atoms with E-state index in [1.807, 2.05) is 54.6 Å². The second-order valence-corrected chi connectivity index (χ2v) is 6.77. The summed E-state index contributed by atoms with van der Waals surface area (Å²) in [7, 11) is 2.09. The highest BCUT2D eigenvalue weighted by Gasteiger charge is 2.09. The first kappa shape index (κ1) is 18.4. The molecule has 0 saturated carbocycles. The fourth-order valence-corrected chi connectivity index (χ4v) is 2.89. The van der Waals surface area contributed by atoms with Gasteiger partial charge in [-0.1, -0.05) is 41.9 Å². The standard InChI is InChI=1S/C20H22ClN3O2/c1-23(15-16-9-11-18(21)12-10-16)13-5-6-14-24-20(25)26-19(22-24)17-7-3-2-4-8-17/h2-4,7-12H,5-6,13-15H2,1H3. The van der Waals surface area contributed by atoms with Crippen molar-refractivity contribution >= 4 is 11.6 Å². The molecule has 0 aliphatic carbocycles. The molecule has 0 spiro atoms. The molecule has 0 amide bonds. The molecular formula is C20H22ClN3O2. The lowest BCUT2D eigenvalue weighted by Crippen LogP contribution is -2.21. The van der Waals surface area contributed by atoms with Crippen molar-refractivity contribution in [3.05, 3.63) is 75.7 Å². The lowest BCUT2D eigenvalue weighted by Gasteiger charge is -2.16. The monoisotopic (exact) mass is 371 g/mol. The number of hydrogen-bond donors (Lipinski definition) is 0. The van der Waals surface area contributed by atoms with E-state index < -0.39 is 5.76 Å². The fraction of sp³-hybridized carbons (Fsp3) is 0.300. The molecule has 1 aromatic heterocycles. The van der Waals surface area contributed by atoms with Crippen LogP contribution in [0.2, 0.25) is 5.02 Å². The lowest BCUT2D eigenvalue weighted by atomic mass is 10.2. The molecule has 0 atom stereocenters. The van der Waals surface area contributed by atoms with Gasteiger partial charge in [0.2, 0.25) is 5.89 Å². The Morgan fingerprint density at radius 2 is 1.81 bits per heavy atom. The van der Waals surface area contributed by atoms with Crippen LogP contribution in [0.15, 0.2) is 63.8 Å². The molecule has 2 aromatic carbocycles. The first-order valence-electron chi connectivity index (χ1n) is 8.68. The number of rotatable bonds is 8. The maximum absolute atomic E-state index is 11.9. The molecule has 3 aromatic rings. The summed E-state index contributed by atoms with van der Waals surface area (Å²) in [5.74, 6) is -0.0335. The molecule has 26 heavy (non-hydrogen) atoms. The average molecular weight is 372 g/mol. The van der Waals surface area contributed by atoms with E-state index in [2.05, 4.69) is 17.0 Å². The fourth-order valence-electron chi connectivity index (χ4n) is 2.77. The Balaban J connectivity index is 1.45. The van der Waals surface area contributed by atoms with Crippen LogP contribution < -0.4 is 5.76 Å². The van der Waals surface area contributed by atoms with Gasteiger partial charge in [-0.2, -0.15) is 4.68 Å². The van der Waals surface area contributed by atoms with Crippen molar-refractivity contribution in [2.45, 2.75) is 25.9 Å². The number of unbranched alkanes of at least 4 members (excludes halogenated alkanes) is 1. The summed E-state index contributed by atoms with van der Waals surface area (Å²) in [6, 6.07) is 17.4. The Bertz CT molecular complexity index is 872. The minimum absolute atomic E-state index is 0.371. The first-order chi connectivity index (χ1) is 12.6. The molecule has 6 heteroatoms. The zero-order chi connectivity index (χ0) is 18.4. The van der Waals surface area contributed by atoms with Gasteiger partial charge in [-0.05, 0) is 56.3 Å². The zero-order valence-corrected chi connectivity index (χ0v) is 15.5. The van der Waals surface area contributed by atoms with Crippen LogP contribution in [0.25, 0.3) is 11.5 Å². The zero-order valence-electron chi connectivity index (χ0n) is 14.8. The van der Waals surface area contributed by atoms with Crippen molar-refractivity contribution in [2.75, 3.05) is 13.6 Å². The molecular weight excluding hydrogens is 350 g/mol. The van der Waals surface area contributed by atoms with Gasteiger partial charge in [0.1, 0.15) is 0 Å². The third-order valence-corrected chi connectivity index (χ3v) is 4.40. The number of aryl methyl sites for hydroxylation is 1. The van der Waals surface area contributed by atoms with Gasteiger partial charge in [-0.25, -0.2) is 4.79 Å². The van der Waals surface area contributed by atoms with E-state index in [0.29, 0.717) is 12.4 Å². The second-order valence-electron chi connectivity index (χ2n) is 6.33. The van der Waals surface area contributed by atoms with Crippen LogP contribution in [0.3, 0.4) is 0 Å². The van der Waals surface area contributed by atoms with Gasteiger partial charge >= 0.3 is 5.76 Å². The lowest BCUT2D eigenvalue weighted by molar-refractivity contribution is 0.313. The Morgan fingerprint density at radius 1 is 1.08 bits per heavy atom. The average Bonchev–Trinajstić information content (AvgIpc) is 3.02. The third kappa shape index (κ3) is 5.07. The molecule has 0 saturated heterocycles. The van der Waals surface area contributed by atoms with Gasteiger partial charge in [-0.3, -0.25) is 0 Å². The van der Waals surface area contributed by atoms with Crippen molar-refractivity contribution in [3.8, 4) is 11.5 Å². The van der Waals surface area contributed by atoms with Crippen molar-refractivity contribution < 1.29 is 4.42 Å². The molecule has 0 radical (unpaired) electrons. The van der Waals surface area contributed by atoms with Crippen molar-refractivity contribution in [1.82, 2.24) is 14.7 Å². The topological polar surface area (TPSA) is 51.3 Å². The summed E-state index contributed by atoms with van der Waals surface area (Å²) in [5, 5.41) is 5.04. The maximum Gasteiger partial charge on any atom is 0.437 e. The van der Waals surface area contributed by atoms with Crippen LogP contribution in [0, 0.1) is 0 Å². The second kappa shape index (κ2) is 8.83. The maximum atomic E-state index is 11.9. The number of aromatic nitrogens is 2. The van der Waals surface area contributed by atoms with Gasteiger partial charge < -0.3 is 9.32 Å². The predicted octanol–water partition coefficient (Wildman–Crippen LogP) is 4.07. The highest BCUT2D eigenvalue weighted by atomic mass is 35.5. The van der Waals surface area contributed by atoms with Gasteiger partial charge in [0.05, 0.1) is 0 Å². The molecule has 0 fully saturated rings. The summed E-state index contributed by atoms with van der Waals surface area (Å²) >= 11 is 5.91. The SMILES string of the molecule is CN(CCCCn1nc(-c2ccccc2)oc1=O)Cc1ccc(Cl)cc1. The molecule has 1 heterocycles. The number of halogens is 1. The minimum Gasteiger partial charge on any atom is -0.388 e. The Hall–Kier alpha value is -2.37. The Labute approximate surface area is 157 Å². The van der Waals surface area contributed by atoms with Crippen LogP contribution in [0.1, 0.15) is 18.4 Å². The molecule has 3 rings (SSSR count). The minimum atomic E-state index is -0.404. The van der Waals surface area contributed by atoms with Crippen LogP contribution >= 0.6 is 11.6 Å². The largest absolute Gasteiger partial charge is 0.437 e. The van der Waals surface area contributed by atoms with Crippen molar-refractivity contribution in [2.24, 2.45) is 0 Å². The molecule has 0 bridgehead atoms. The number of nitrogens with zero attached hydrogens (tertiary/aromatic N) is 3. The van der Waals surface area contributed by atoms with Crippen LogP contribution in [0.5, 0.6) is 0 Å². The molecule has 0 aliphatic heterocycles. The first-order valence-corrected chi connectivity index (χ1v) is 9.06. The highest BCUT2D eigenvalue weighted by Crippen LogP contribution is 2.14. The van der Waals surface area contributed by atoms with E-state index in [4.69, 9.17) is 16.0 Å². The quantitative estimate of drug-likeness (QED) is 0.560. The van der Waals surface area contributed by atoms with E-state index in [1.165, 1.54) is 10.2 Å². The van der Waals surface area contributed by atoms with E-state index in [9.17, 15) is 4.79 Å². The Kier molecular flexibility index (Phi) is 6.26. The summed E-state index contributed by atoms with van der Waals surface area (Å²) in [6.07, 6.45) is 1.84. The summed E-state index contributed by atoms with van der Waals surface area (Å²) in [6.45, 7) is 2.38. The third-order valence-electron chi connectivity index (χ3n) is 4.15. The molecule has 0 aliphatic rings. The van der Waals surface area contributed by atoms with Crippen LogP contribution in [-0.2, 0) is 13.1 Å². The summed E-state index contributed by atoms with van der Waals surface area (Å²) in [4.78, 5) is 14.2. The normalized spacial score (nSPS) is 11.2. The summed E-state index contributed by atoms with van der Waals surface area (Å²) in [5.41, 5.74) is 2.04. The predicted molar refractivity (Wildman–Crippen MR) is 103 cm³/mol. The van der Waals surface area contributed by atoms with E-state index in [-0.39, 0.29) is 0 Å². The smallest absolute Gasteiger partial charge is 0.388 e. The molecule has 0 N–H and O–H groups in total. The molecule has 136 valence electrons. The molecule has 5 nitrogen and oxygen atoms in total. The van der Waals surface area contributed by atoms with Crippen molar-refractivity contribution in [1.29, 1.82) is 0 Å². The van der Waals surface area contributed by atoms with Crippen LogP contribution in [0.4, 0.5) is 0 Å². The van der Waals surface area contributed by atoms with Crippen LogP contribution in [-0.4, -0.2) is 28.3 Å². The highest BCUT2D eigenvalue weighted by molar-refractivity contribution is 6.30. The van der Waals surface area contributed by atoms with E-state index in [1.54, 1.807) is 0 Å². The number of benzene rings is 2. The van der Waals surface area contributed by atoms with Gasteiger partial charge in [0.25, 0.3) is 0 Å². The summed E-state index contributed by atoms with van der Waals surface area (Å²) < 4.78 is 6.65.